The maximum Gasteiger partial charge on any atom is 0.161 e. The van der Waals surface area contributed by atoms with Crippen LogP contribution < -0.4 is 16.2 Å². The summed E-state index contributed by atoms with van der Waals surface area (Å²) in [7, 11) is 4.03. The Morgan fingerprint density at radius 3 is 2.30 bits per heavy atom. The second-order valence-corrected chi connectivity index (χ2v) is 4.90. The minimum absolute atomic E-state index is 0.693. The molecular weight excluding hydrogens is 250 g/mol. The van der Waals surface area contributed by atoms with Gasteiger partial charge in [0.15, 0.2) is 5.82 Å². The monoisotopic (exact) mass is 271 g/mol. The van der Waals surface area contributed by atoms with Crippen molar-refractivity contribution in [3.8, 4) is 11.4 Å². The lowest BCUT2D eigenvalue weighted by atomic mass is 10.1. The van der Waals surface area contributed by atoms with E-state index in [4.69, 9.17) is 5.84 Å². The van der Waals surface area contributed by atoms with Gasteiger partial charge in [-0.2, -0.15) is 0 Å². The molecule has 20 heavy (non-hydrogen) atoms. The number of anilines is 2. The third kappa shape index (κ3) is 2.72. The van der Waals surface area contributed by atoms with Gasteiger partial charge in [-0.25, -0.2) is 15.8 Å². The minimum atomic E-state index is 0.693. The van der Waals surface area contributed by atoms with Crippen LogP contribution in [-0.4, -0.2) is 24.1 Å². The van der Waals surface area contributed by atoms with E-state index in [2.05, 4.69) is 39.4 Å². The number of rotatable bonds is 4. The quantitative estimate of drug-likeness (QED) is 0.660. The second kappa shape index (κ2) is 5.88. The molecule has 0 radical (unpaired) electrons. The van der Waals surface area contributed by atoms with Crippen molar-refractivity contribution in [1.82, 2.24) is 9.97 Å². The van der Waals surface area contributed by atoms with Crippen molar-refractivity contribution in [3.63, 3.8) is 0 Å². The Kier molecular flexibility index (Phi) is 4.20. The van der Waals surface area contributed by atoms with Gasteiger partial charge < -0.3 is 10.3 Å². The van der Waals surface area contributed by atoms with Crippen LogP contribution in [0.5, 0.6) is 0 Å². The number of benzene rings is 1. The fourth-order valence-electron chi connectivity index (χ4n) is 2.18. The maximum atomic E-state index is 5.56. The molecule has 5 heteroatoms. The number of hydrogen-bond acceptors (Lipinski definition) is 5. The lowest BCUT2D eigenvalue weighted by molar-refractivity contribution is 0.995. The fourth-order valence-corrected chi connectivity index (χ4v) is 2.18. The van der Waals surface area contributed by atoms with Crippen LogP contribution >= 0.6 is 0 Å². The molecule has 0 saturated carbocycles. The summed E-state index contributed by atoms with van der Waals surface area (Å²) < 4.78 is 0. The van der Waals surface area contributed by atoms with Crippen molar-refractivity contribution in [2.45, 2.75) is 20.3 Å². The lowest BCUT2D eigenvalue weighted by Gasteiger charge is -2.14. The number of nitrogens with zero attached hydrogens (tertiary/aromatic N) is 3. The molecule has 0 spiro atoms. The van der Waals surface area contributed by atoms with Crippen LogP contribution in [0, 0.1) is 6.92 Å². The summed E-state index contributed by atoms with van der Waals surface area (Å²) in [4.78, 5) is 11.1. The normalized spacial score (nSPS) is 10.4. The van der Waals surface area contributed by atoms with Gasteiger partial charge in [-0.1, -0.05) is 6.92 Å². The van der Waals surface area contributed by atoms with Gasteiger partial charge in [0.2, 0.25) is 0 Å². The van der Waals surface area contributed by atoms with Crippen molar-refractivity contribution < 1.29 is 0 Å². The highest BCUT2D eigenvalue weighted by molar-refractivity contribution is 5.63. The van der Waals surface area contributed by atoms with Crippen LogP contribution in [0.15, 0.2) is 24.3 Å². The lowest BCUT2D eigenvalue weighted by Crippen LogP contribution is -2.13. The van der Waals surface area contributed by atoms with Crippen LogP contribution in [0.1, 0.15) is 18.2 Å². The number of hydrogen-bond donors (Lipinski definition) is 2. The highest BCUT2D eigenvalue weighted by atomic mass is 15.3. The molecule has 1 aromatic carbocycles. The summed E-state index contributed by atoms with van der Waals surface area (Å²) in [5, 5.41) is 0. The number of aryl methyl sites for hydroxylation is 1. The zero-order valence-corrected chi connectivity index (χ0v) is 12.4. The Labute approximate surface area is 119 Å². The number of aromatic nitrogens is 2. The molecule has 0 saturated heterocycles. The Balaban J connectivity index is 2.44. The average molecular weight is 271 g/mol. The summed E-state index contributed by atoms with van der Waals surface area (Å²) in [6.45, 7) is 4.05. The van der Waals surface area contributed by atoms with Crippen LogP contribution in [0.25, 0.3) is 11.4 Å². The molecule has 1 heterocycles. The van der Waals surface area contributed by atoms with Crippen molar-refractivity contribution in [2.75, 3.05) is 24.4 Å². The summed E-state index contributed by atoms with van der Waals surface area (Å²) >= 11 is 0. The van der Waals surface area contributed by atoms with E-state index in [-0.39, 0.29) is 0 Å². The molecule has 5 nitrogen and oxygen atoms in total. The molecule has 3 N–H and O–H groups in total. The Morgan fingerprint density at radius 1 is 1.15 bits per heavy atom. The minimum Gasteiger partial charge on any atom is -0.378 e. The van der Waals surface area contributed by atoms with E-state index in [1.54, 1.807) is 0 Å². The van der Waals surface area contributed by atoms with E-state index >= 15 is 0 Å². The molecule has 0 unspecified atom stereocenters. The first kappa shape index (κ1) is 14.3. The van der Waals surface area contributed by atoms with E-state index < -0.39 is 0 Å². The molecule has 106 valence electrons. The van der Waals surface area contributed by atoms with E-state index in [0.717, 1.165) is 28.9 Å². The van der Waals surface area contributed by atoms with Crippen LogP contribution in [0.3, 0.4) is 0 Å². The molecule has 2 aromatic rings. The van der Waals surface area contributed by atoms with Crippen molar-refractivity contribution >= 4 is 11.5 Å². The molecule has 0 aliphatic carbocycles. The summed E-state index contributed by atoms with van der Waals surface area (Å²) in [6.07, 6.45) is 0.852. The third-order valence-electron chi connectivity index (χ3n) is 3.35. The predicted molar refractivity (Wildman–Crippen MR) is 83.7 cm³/mol. The smallest absolute Gasteiger partial charge is 0.161 e. The SMILES string of the molecule is CCc1c(C)nc(-c2ccc(N(C)C)cc2)nc1NN. The first-order valence-corrected chi connectivity index (χ1v) is 6.68. The van der Waals surface area contributed by atoms with Gasteiger partial charge >= 0.3 is 0 Å². The highest BCUT2D eigenvalue weighted by Gasteiger charge is 2.10. The zero-order chi connectivity index (χ0) is 14.7. The largest absolute Gasteiger partial charge is 0.378 e. The van der Waals surface area contributed by atoms with Crippen LogP contribution in [0.2, 0.25) is 0 Å². The molecule has 2 rings (SSSR count). The molecular formula is C15H21N5. The Morgan fingerprint density at radius 2 is 1.80 bits per heavy atom. The van der Waals surface area contributed by atoms with Gasteiger partial charge in [0.1, 0.15) is 5.82 Å². The van der Waals surface area contributed by atoms with Gasteiger partial charge in [-0.3, -0.25) is 0 Å². The zero-order valence-electron chi connectivity index (χ0n) is 12.4. The highest BCUT2D eigenvalue weighted by Crippen LogP contribution is 2.24. The predicted octanol–water partition coefficient (Wildman–Crippen LogP) is 2.37. The van der Waals surface area contributed by atoms with Crippen molar-refractivity contribution in [3.05, 3.63) is 35.5 Å². The number of nitrogen functional groups attached to an aromatic ring is 1. The number of hydrazine groups is 1. The maximum absolute atomic E-state index is 5.56. The van der Waals surface area contributed by atoms with Crippen LogP contribution in [0.4, 0.5) is 11.5 Å². The topological polar surface area (TPSA) is 67.1 Å². The first-order valence-electron chi connectivity index (χ1n) is 6.68. The van der Waals surface area contributed by atoms with Gasteiger partial charge in [-0.05, 0) is 37.6 Å². The van der Waals surface area contributed by atoms with Crippen molar-refractivity contribution in [2.24, 2.45) is 5.84 Å². The average Bonchev–Trinajstić information content (AvgIpc) is 2.46. The van der Waals surface area contributed by atoms with Gasteiger partial charge in [0.25, 0.3) is 0 Å². The molecule has 1 aromatic heterocycles. The summed E-state index contributed by atoms with van der Waals surface area (Å²) in [6, 6.07) is 8.15. The van der Waals surface area contributed by atoms with E-state index in [1.165, 1.54) is 0 Å². The van der Waals surface area contributed by atoms with E-state index in [1.807, 2.05) is 33.2 Å². The van der Waals surface area contributed by atoms with Crippen LogP contribution in [-0.2, 0) is 6.42 Å². The molecule has 0 bridgehead atoms. The molecule has 0 aliphatic rings. The van der Waals surface area contributed by atoms with E-state index in [9.17, 15) is 0 Å². The van der Waals surface area contributed by atoms with Gasteiger partial charge in [0, 0.05) is 36.6 Å². The van der Waals surface area contributed by atoms with Crippen molar-refractivity contribution in [1.29, 1.82) is 0 Å². The Hall–Kier alpha value is -2.14. The number of nitrogens with one attached hydrogen (secondary N) is 1. The summed E-state index contributed by atoms with van der Waals surface area (Å²) in [5.74, 6) is 6.95. The Bertz CT molecular complexity index is 590. The molecule has 0 amide bonds. The fraction of sp³-hybridized carbons (Fsp3) is 0.333. The third-order valence-corrected chi connectivity index (χ3v) is 3.35. The van der Waals surface area contributed by atoms with Gasteiger partial charge in [-0.15, -0.1) is 0 Å². The van der Waals surface area contributed by atoms with Gasteiger partial charge in [0.05, 0.1) is 0 Å². The molecule has 0 aliphatic heterocycles. The number of nitrogens with two attached hydrogens (primary N) is 1. The second-order valence-electron chi connectivity index (χ2n) is 4.90. The summed E-state index contributed by atoms with van der Waals surface area (Å²) in [5.41, 5.74) is 6.81. The first-order chi connectivity index (χ1) is 9.56. The molecule has 0 fully saturated rings. The molecule has 0 atom stereocenters. The van der Waals surface area contributed by atoms with E-state index in [0.29, 0.717) is 11.6 Å². The standard InChI is InChI=1S/C15H21N5/c1-5-13-10(2)17-14(18-15(13)19-16)11-6-8-12(9-7-11)20(3)4/h6-9H,5,16H2,1-4H3,(H,17,18,19).